The van der Waals surface area contributed by atoms with Crippen LogP contribution >= 0.6 is 0 Å². The minimum atomic E-state index is -1.55. The maximum Gasteiger partial charge on any atom is 0.326 e. The van der Waals surface area contributed by atoms with Gasteiger partial charge in [-0.2, -0.15) is 0 Å². The number of aliphatic carboxylic acids is 2. The van der Waals surface area contributed by atoms with Crippen LogP contribution in [0.25, 0.3) is 0 Å². The maximum atomic E-state index is 13.1. The number of primary amides is 1. The van der Waals surface area contributed by atoms with E-state index in [0.717, 1.165) is 4.90 Å². The van der Waals surface area contributed by atoms with Gasteiger partial charge in [0, 0.05) is 13.0 Å². The third-order valence-corrected chi connectivity index (χ3v) is 5.49. The first-order chi connectivity index (χ1) is 16.5. The molecule has 13 nitrogen and oxygen atoms in total. The van der Waals surface area contributed by atoms with Crippen molar-refractivity contribution in [2.24, 2.45) is 11.5 Å². The van der Waals surface area contributed by atoms with Gasteiger partial charge in [0.25, 0.3) is 0 Å². The van der Waals surface area contributed by atoms with Gasteiger partial charge in [-0.1, -0.05) is 30.3 Å². The lowest BCUT2D eigenvalue weighted by Gasteiger charge is -2.29. The normalized spacial score (nSPS) is 17.6. The van der Waals surface area contributed by atoms with Gasteiger partial charge in [0.05, 0.1) is 18.9 Å². The van der Waals surface area contributed by atoms with Crippen molar-refractivity contribution in [3.05, 3.63) is 35.9 Å². The Balaban J connectivity index is 2.13. The summed E-state index contributed by atoms with van der Waals surface area (Å²) in [5.41, 5.74) is 11.3. The zero-order valence-corrected chi connectivity index (χ0v) is 18.9. The standard InChI is InChI=1S/C22H29N5O8/c23-13(10-17(24)28)19(31)25-14(11-18(29)30)21(33)27-8-4-7-16(27)20(32)26-15(22(34)35)9-12-5-2-1-3-6-12/h1-3,5-6,13-16H,4,7-11,23H2,(H2,24,28)(H,25,31)(H,26,32)(H,29,30)(H,34,35). The van der Waals surface area contributed by atoms with E-state index in [2.05, 4.69) is 10.6 Å². The summed E-state index contributed by atoms with van der Waals surface area (Å²) in [6.45, 7) is 0.104. The Labute approximate surface area is 200 Å². The molecule has 1 aromatic carbocycles. The predicted octanol–water partition coefficient (Wildman–Crippen LogP) is -2.05. The van der Waals surface area contributed by atoms with Gasteiger partial charge < -0.3 is 37.2 Å². The van der Waals surface area contributed by atoms with Crippen molar-refractivity contribution in [1.29, 1.82) is 0 Å². The Morgan fingerprint density at radius 1 is 1.00 bits per heavy atom. The third-order valence-electron chi connectivity index (χ3n) is 5.49. The number of carbonyl (C=O) groups excluding carboxylic acids is 4. The predicted molar refractivity (Wildman–Crippen MR) is 120 cm³/mol. The number of likely N-dealkylation sites (tertiary alicyclic amines) is 1. The summed E-state index contributed by atoms with van der Waals surface area (Å²) < 4.78 is 0. The quantitative estimate of drug-likeness (QED) is 0.189. The van der Waals surface area contributed by atoms with Crippen LogP contribution in [0.4, 0.5) is 0 Å². The Morgan fingerprint density at radius 2 is 1.66 bits per heavy atom. The summed E-state index contributed by atoms with van der Waals surface area (Å²) in [6.07, 6.45) is -0.631. The molecule has 1 aliphatic heterocycles. The zero-order chi connectivity index (χ0) is 26.1. The number of hydrogen-bond acceptors (Lipinski definition) is 7. The Bertz CT molecular complexity index is 970. The van der Waals surface area contributed by atoms with Crippen LogP contribution in [-0.4, -0.2) is 81.4 Å². The number of nitrogens with two attached hydrogens (primary N) is 2. The van der Waals surface area contributed by atoms with Crippen LogP contribution in [0.5, 0.6) is 0 Å². The number of nitrogens with one attached hydrogen (secondary N) is 2. The number of hydrogen-bond donors (Lipinski definition) is 6. The van der Waals surface area contributed by atoms with Crippen molar-refractivity contribution >= 4 is 35.6 Å². The van der Waals surface area contributed by atoms with Crippen molar-refractivity contribution in [2.45, 2.75) is 56.3 Å². The molecule has 1 aromatic rings. The van der Waals surface area contributed by atoms with Gasteiger partial charge in [0.2, 0.25) is 23.6 Å². The van der Waals surface area contributed by atoms with Crippen molar-refractivity contribution < 1.29 is 39.0 Å². The Kier molecular flexibility index (Phi) is 9.70. The van der Waals surface area contributed by atoms with Crippen LogP contribution in [0.2, 0.25) is 0 Å². The fourth-order valence-corrected chi connectivity index (χ4v) is 3.78. The van der Waals surface area contributed by atoms with Gasteiger partial charge in [-0.25, -0.2) is 4.79 Å². The smallest absolute Gasteiger partial charge is 0.326 e. The van der Waals surface area contributed by atoms with Gasteiger partial charge in [0.1, 0.15) is 18.1 Å². The fraction of sp³-hybridized carbons (Fsp3) is 0.455. The van der Waals surface area contributed by atoms with E-state index in [0.29, 0.717) is 12.0 Å². The number of carboxylic acid groups (broad SMARTS) is 2. The molecule has 13 heteroatoms. The number of benzene rings is 1. The molecule has 2 rings (SSSR count). The van der Waals surface area contributed by atoms with Crippen molar-refractivity contribution in [3.8, 4) is 0 Å². The molecule has 1 heterocycles. The summed E-state index contributed by atoms with van der Waals surface area (Å²) >= 11 is 0. The van der Waals surface area contributed by atoms with E-state index in [1.54, 1.807) is 30.3 Å². The van der Waals surface area contributed by atoms with E-state index in [1.165, 1.54) is 0 Å². The molecule has 4 unspecified atom stereocenters. The average molecular weight is 492 g/mol. The molecule has 1 saturated heterocycles. The van der Waals surface area contributed by atoms with Crippen LogP contribution in [0.15, 0.2) is 30.3 Å². The second-order valence-electron chi connectivity index (χ2n) is 8.21. The maximum absolute atomic E-state index is 13.1. The molecular weight excluding hydrogens is 462 g/mol. The summed E-state index contributed by atoms with van der Waals surface area (Å²) in [7, 11) is 0. The largest absolute Gasteiger partial charge is 0.481 e. The Hall–Kier alpha value is -4.00. The van der Waals surface area contributed by atoms with Crippen molar-refractivity contribution in [3.63, 3.8) is 0 Å². The third kappa shape index (κ3) is 8.07. The zero-order valence-electron chi connectivity index (χ0n) is 18.9. The second-order valence-corrected chi connectivity index (χ2v) is 8.21. The highest BCUT2D eigenvalue weighted by molar-refractivity contribution is 5.96. The average Bonchev–Trinajstić information content (AvgIpc) is 3.27. The lowest BCUT2D eigenvalue weighted by Crippen LogP contribution is -2.57. The first-order valence-corrected chi connectivity index (χ1v) is 10.9. The van der Waals surface area contributed by atoms with E-state index in [1.807, 2.05) is 0 Å². The molecule has 4 atom stereocenters. The lowest BCUT2D eigenvalue weighted by molar-refractivity contribution is -0.147. The van der Waals surface area contributed by atoms with Gasteiger partial charge >= 0.3 is 11.9 Å². The molecule has 0 aromatic heterocycles. The van der Waals surface area contributed by atoms with Gasteiger partial charge in [-0.15, -0.1) is 0 Å². The minimum Gasteiger partial charge on any atom is -0.481 e. The molecule has 4 amide bonds. The molecule has 190 valence electrons. The van der Waals surface area contributed by atoms with Gasteiger partial charge in [-0.05, 0) is 18.4 Å². The van der Waals surface area contributed by atoms with Crippen LogP contribution in [0.1, 0.15) is 31.2 Å². The van der Waals surface area contributed by atoms with Gasteiger partial charge in [0.15, 0.2) is 0 Å². The lowest BCUT2D eigenvalue weighted by atomic mass is 10.0. The number of nitrogens with zero attached hydrogens (tertiary/aromatic N) is 1. The first-order valence-electron chi connectivity index (χ1n) is 10.9. The van der Waals surface area contributed by atoms with E-state index >= 15 is 0 Å². The minimum absolute atomic E-state index is 0.0258. The summed E-state index contributed by atoms with van der Waals surface area (Å²) in [5, 5.41) is 23.4. The molecule has 0 saturated carbocycles. The number of carbonyl (C=O) groups is 6. The highest BCUT2D eigenvalue weighted by Gasteiger charge is 2.39. The first kappa shape index (κ1) is 27.2. The molecule has 35 heavy (non-hydrogen) atoms. The van der Waals surface area contributed by atoms with Crippen LogP contribution in [0, 0.1) is 0 Å². The van der Waals surface area contributed by atoms with Crippen LogP contribution < -0.4 is 22.1 Å². The summed E-state index contributed by atoms with van der Waals surface area (Å²) in [6, 6.07) is 3.45. The molecule has 0 radical (unpaired) electrons. The molecule has 8 N–H and O–H groups in total. The van der Waals surface area contributed by atoms with E-state index < -0.39 is 72.6 Å². The topological polar surface area (TPSA) is 222 Å². The second kappa shape index (κ2) is 12.5. The molecule has 1 aliphatic rings. The van der Waals surface area contributed by atoms with Gasteiger partial charge in [-0.3, -0.25) is 24.0 Å². The van der Waals surface area contributed by atoms with Crippen LogP contribution in [-0.2, 0) is 35.2 Å². The fourth-order valence-electron chi connectivity index (χ4n) is 3.78. The Morgan fingerprint density at radius 3 is 2.23 bits per heavy atom. The van der Waals surface area contributed by atoms with E-state index in [9.17, 15) is 39.0 Å². The van der Waals surface area contributed by atoms with E-state index in [-0.39, 0.29) is 19.4 Å². The van der Waals surface area contributed by atoms with Crippen molar-refractivity contribution in [2.75, 3.05) is 6.54 Å². The highest BCUT2D eigenvalue weighted by atomic mass is 16.4. The molecular formula is C22H29N5O8. The summed E-state index contributed by atoms with van der Waals surface area (Å²) in [4.78, 5) is 73.4. The molecule has 0 bridgehead atoms. The molecule has 0 spiro atoms. The molecule has 0 aliphatic carbocycles. The highest BCUT2D eigenvalue weighted by Crippen LogP contribution is 2.20. The number of amides is 4. The van der Waals surface area contributed by atoms with Crippen molar-refractivity contribution in [1.82, 2.24) is 15.5 Å². The SMILES string of the molecule is NC(=O)CC(N)C(=O)NC(CC(=O)O)C(=O)N1CCCC1C(=O)NC(Cc1ccccc1)C(=O)O. The number of carboxylic acids is 2. The van der Waals surface area contributed by atoms with Crippen LogP contribution in [0.3, 0.4) is 0 Å². The molecule has 1 fully saturated rings. The monoisotopic (exact) mass is 491 g/mol. The van der Waals surface area contributed by atoms with E-state index in [4.69, 9.17) is 11.5 Å². The number of rotatable bonds is 12. The summed E-state index contributed by atoms with van der Waals surface area (Å²) in [5.74, 6) is -5.98.